The molecule has 0 saturated heterocycles. The summed E-state index contributed by atoms with van der Waals surface area (Å²) in [5.41, 5.74) is 14.7. The third-order valence-electron chi connectivity index (χ3n) is 13.1. The number of hydrogen-bond donors (Lipinski definition) is 0. The highest BCUT2D eigenvalue weighted by Crippen LogP contribution is 2.41. The first kappa shape index (κ1) is 36.3. The molecule has 3 aromatic heterocycles. The van der Waals surface area contributed by atoms with Gasteiger partial charge < -0.3 is 4.57 Å². The first-order chi connectivity index (χ1) is 31.7. The van der Waals surface area contributed by atoms with Crippen LogP contribution in [0.1, 0.15) is 12.8 Å². The van der Waals surface area contributed by atoms with Crippen molar-refractivity contribution >= 4 is 66.5 Å². The van der Waals surface area contributed by atoms with Crippen molar-refractivity contribution in [2.75, 3.05) is 0 Å². The maximum absolute atomic E-state index is 5.56. The van der Waals surface area contributed by atoms with E-state index < -0.39 is 0 Å². The average Bonchev–Trinajstić information content (AvgIpc) is 3.89. The molecule has 0 amide bonds. The molecule has 300 valence electrons. The Balaban J connectivity index is 1.01. The van der Waals surface area contributed by atoms with Crippen LogP contribution < -0.4 is 10.6 Å². The van der Waals surface area contributed by atoms with Crippen molar-refractivity contribution in [3.05, 3.63) is 217 Å². The molecule has 0 bridgehead atoms. The summed E-state index contributed by atoms with van der Waals surface area (Å²) < 4.78 is 4.67. The van der Waals surface area contributed by atoms with Crippen LogP contribution in [0.2, 0.25) is 0 Å². The molecule has 0 radical (unpaired) electrons. The first-order valence-corrected chi connectivity index (χ1v) is 22.1. The van der Waals surface area contributed by atoms with Crippen LogP contribution in [0, 0.1) is 0 Å². The molecule has 4 heteroatoms. The SMILES string of the molecule is C1=c2nc(-n3c4ccccc4c4cc(-c5ccc6c(c5)c5c7ccccc7ccc5n6-c5ccccc5)ccc43)nc(-c3cc(-c4ccccc4)cc(-c4ccccc4)c3)c2=CCC1. The minimum absolute atomic E-state index is 0.674. The van der Waals surface area contributed by atoms with E-state index in [2.05, 4.69) is 228 Å². The van der Waals surface area contributed by atoms with Gasteiger partial charge in [-0.1, -0.05) is 152 Å². The number of para-hydroxylation sites is 2. The van der Waals surface area contributed by atoms with Crippen LogP contribution in [0.25, 0.3) is 123 Å². The van der Waals surface area contributed by atoms with E-state index in [9.17, 15) is 0 Å². The van der Waals surface area contributed by atoms with Gasteiger partial charge in [0, 0.05) is 38.0 Å². The largest absolute Gasteiger partial charge is 0.309 e. The number of fused-ring (bicyclic) bond motifs is 9. The van der Waals surface area contributed by atoms with Gasteiger partial charge in [-0.15, -0.1) is 0 Å². The summed E-state index contributed by atoms with van der Waals surface area (Å²) in [4.78, 5) is 10.9. The molecule has 0 spiro atoms. The molecule has 0 saturated carbocycles. The maximum Gasteiger partial charge on any atom is 0.235 e. The van der Waals surface area contributed by atoms with Crippen molar-refractivity contribution in [2.45, 2.75) is 12.8 Å². The van der Waals surface area contributed by atoms with E-state index in [1.165, 1.54) is 65.6 Å². The summed E-state index contributed by atoms with van der Waals surface area (Å²) in [5, 5.41) is 9.43. The van der Waals surface area contributed by atoms with Crippen molar-refractivity contribution in [3.63, 3.8) is 0 Å². The van der Waals surface area contributed by atoms with Gasteiger partial charge in [0.2, 0.25) is 5.95 Å². The summed E-state index contributed by atoms with van der Waals surface area (Å²) in [6, 6.07) is 74.7. The summed E-state index contributed by atoms with van der Waals surface area (Å²) in [7, 11) is 0. The Kier molecular flexibility index (Phi) is 8.31. The second-order valence-electron chi connectivity index (χ2n) is 16.9. The molecule has 4 nitrogen and oxygen atoms in total. The monoisotopic (exact) mass is 816 g/mol. The van der Waals surface area contributed by atoms with Crippen molar-refractivity contribution in [1.29, 1.82) is 0 Å². The maximum atomic E-state index is 5.56. The zero-order valence-electron chi connectivity index (χ0n) is 35.0. The quantitative estimate of drug-likeness (QED) is 0.168. The number of aromatic nitrogens is 4. The molecule has 0 N–H and O–H groups in total. The zero-order chi connectivity index (χ0) is 42.1. The second kappa shape index (κ2) is 14.6. The predicted molar refractivity (Wildman–Crippen MR) is 267 cm³/mol. The molecule has 1 aliphatic rings. The minimum Gasteiger partial charge on any atom is -0.309 e. The summed E-state index contributed by atoms with van der Waals surface area (Å²) in [6.45, 7) is 0. The van der Waals surface area contributed by atoms with E-state index in [0.717, 1.165) is 62.5 Å². The number of nitrogens with zero attached hydrogens (tertiary/aromatic N) is 4. The normalized spacial score (nSPS) is 12.5. The van der Waals surface area contributed by atoms with Crippen LogP contribution in [0.3, 0.4) is 0 Å². The lowest BCUT2D eigenvalue weighted by Crippen LogP contribution is -2.34. The third kappa shape index (κ3) is 5.84. The van der Waals surface area contributed by atoms with E-state index in [4.69, 9.17) is 9.97 Å². The lowest BCUT2D eigenvalue weighted by molar-refractivity contribution is 0.949. The molecule has 64 heavy (non-hydrogen) atoms. The van der Waals surface area contributed by atoms with Crippen LogP contribution in [0.4, 0.5) is 0 Å². The van der Waals surface area contributed by atoms with Gasteiger partial charge >= 0.3 is 0 Å². The van der Waals surface area contributed by atoms with Gasteiger partial charge in [0.05, 0.1) is 33.1 Å². The minimum atomic E-state index is 0.674. The molecule has 12 aromatic rings. The fourth-order valence-electron chi connectivity index (χ4n) is 10.2. The van der Waals surface area contributed by atoms with Crippen LogP contribution in [-0.4, -0.2) is 19.1 Å². The summed E-state index contributed by atoms with van der Waals surface area (Å²) in [6.07, 6.45) is 6.51. The van der Waals surface area contributed by atoms with E-state index in [-0.39, 0.29) is 0 Å². The first-order valence-electron chi connectivity index (χ1n) is 22.1. The Morgan fingerprint density at radius 1 is 0.344 bits per heavy atom. The molecule has 1 aliphatic carbocycles. The van der Waals surface area contributed by atoms with E-state index in [0.29, 0.717) is 5.95 Å². The molecule has 0 unspecified atom stereocenters. The molecule has 13 rings (SSSR count). The van der Waals surface area contributed by atoms with Gasteiger partial charge in [0.25, 0.3) is 0 Å². The molecule has 0 fully saturated rings. The molecule has 3 heterocycles. The highest BCUT2D eigenvalue weighted by atomic mass is 15.2. The highest BCUT2D eigenvalue weighted by Gasteiger charge is 2.20. The van der Waals surface area contributed by atoms with E-state index >= 15 is 0 Å². The van der Waals surface area contributed by atoms with E-state index in [1.807, 2.05) is 0 Å². The number of rotatable bonds is 6. The topological polar surface area (TPSA) is 35.6 Å². The van der Waals surface area contributed by atoms with Gasteiger partial charge in [0.1, 0.15) is 0 Å². The smallest absolute Gasteiger partial charge is 0.235 e. The Morgan fingerprint density at radius 2 is 0.906 bits per heavy atom. The van der Waals surface area contributed by atoms with Crippen molar-refractivity contribution < 1.29 is 0 Å². The molecule has 0 aliphatic heterocycles. The van der Waals surface area contributed by atoms with Crippen molar-refractivity contribution in [1.82, 2.24) is 19.1 Å². The van der Waals surface area contributed by atoms with Gasteiger partial charge in [0.15, 0.2) is 0 Å². The fourth-order valence-corrected chi connectivity index (χ4v) is 10.2. The van der Waals surface area contributed by atoms with E-state index in [1.54, 1.807) is 0 Å². The Morgan fingerprint density at radius 3 is 1.64 bits per heavy atom. The lowest BCUT2D eigenvalue weighted by atomic mass is 9.94. The number of hydrogen-bond acceptors (Lipinski definition) is 2. The average molecular weight is 817 g/mol. The number of benzene rings is 9. The lowest BCUT2D eigenvalue weighted by Gasteiger charge is -2.14. The molecular formula is C60H40N4. The van der Waals surface area contributed by atoms with Crippen LogP contribution in [0.5, 0.6) is 0 Å². The van der Waals surface area contributed by atoms with Gasteiger partial charge in [-0.2, -0.15) is 0 Å². The van der Waals surface area contributed by atoms with Crippen LogP contribution in [-0.2, 0) is 0 Å². The third-order valence-corrected chi connectivity index (χ3v) is 13.1. The Hall–Kier alpha value is -8.34. The zero-order valence-corrected chi connectivity index (χ0v) is 35.0. The Labute approximate surface area is 370 Å². The summed E-state index contributed by atoms with van der Waals surface area (Å²) >= 11 is 0. The summed E-state index contributed by atoms with van der Waals surface area (Å²) in [5.74, 6) is 0.674. The van der Waals surface area contributed by atoms with Gasteiger partial charge in [-0.3, -0.25) is 4.57 Å². The fraction of sp³-hybridized carbons (Fsp3) is 0.0333. The van der Waals surface area contributed by atoms with Crippen molar-refractivity contribution in [3.8, 4) is 56.3 Å². The molecule has 9 aromatic carbocycles. The van der Waals surface area contributed by atoms with Crippen molar-refractivity contribution in [2.24, 2.45) is 0 Å². The second-order valence-corrected chi connectivity index (χ2v) is 16.9. The predicted octanol–water partition coefficient (Wildman–Crippen LogP) is 13.8. The standard InChI is InChI=1S/C60H40N4/c1-4-16-39(17-5-1)44-34-45(40-18-6-2-7-19-40)36-46(35-44)59-50-25-12-14-26-53(50)61-60(62-59)64-54-27-15-13-24-49(54)51-37-42(29-31-55(51)64)43-30-32-56-52(38-43)58-48-23-11-10-20-41(48)28-33-57(58)63(56)47-21-8-3-9-22-47/h1-11,13,15-38H,12,14H2. The van der Waals surface area contributed by atoms with Gasteiger partial charge in [-0.25, -0.2) is 9.97 Å². The highest BCUT2D eigenvalue weighted by molar-refractivity contribution is 6.22. The van der Waals surface area contributed by atoms with Crippen LogP contribution in [0.15, 0.2) is 206 Å². The molecule has 0 atom stereocenters. The van der Waals surface area contributed by atoms with Crippen LogP contribution >= 0.6 is 0 Å². The van der Waals surface area contributed by atoms with Gasteiger partial charge in [-0.05, 0) is 124 Å². The Bertz CT molecular complexity index is 3880. The molecular weight excluding hydrogens is 777 g/mol.